The van der Waals surface area contributed by atoms with Gasteiger partial charge in [-0.3, -0.25) is 0 Å². The van der Waals surface area contributed by atoms with E-state index < -0.39 is 10.2 Å². The molecule has 0 fully saturated rings. The van der Waals surface area contributed by atoms with Crippen molar-refractivity contribution in [2.45, 2.75) is 19.8 Å². The molecule has 0 aromatic carbocycles. The lowest BCUT2D eigenvalue weighted by molar-refractivity contribution is 0.570. The zero-order chi connectivity index (χ0) is 8.04. The zero-order valence-corrected chi connectivity index (χ0v) is 7.16. The molecule has 0 atom stereocenters. The molecule has 0 unspecified atom stereocenters. The van der Waals surface area contributed by atoms with Gasteiger partial charge in [-0.2, -0.15) is 8.42 Å². The van der Waals surface area contributed by atoms with Crippen LogP contribution in [0.15, 0.2) is 0 Å². The Morgan fingerprint density at radius 1 is 1.40 bits per heavy atom. The summed E-state index contributed by atoms with van der Waals surface area (Å²) in [6.07, 6.45) is 1.87. The van der Waals surface area contributed by atoms with Gasteiger partial charge in [0.25, 0.3) is 10.2 Å². The first kappa shape index (κ1) is 9.87. The molecule has 0 amide bonds. The summed E-state index contributed by atoms with van der Waals surface area (Å²) in [5, 5.41) is 0. The number of rotatable bonds is 5. The molecule has 4 nitrogen and oxygen atoms in total. The molecule has 0 spiro atoms. The van der Waals surface area contributed by atoms with Crippen molar-refractivity contribution in [2.75, 3.05) is 13.6 Å². The van der Waals surface area contributed by atoms with Gasteiger partial charge in [0, 0.05) is 13.6 Å². The molecular formula is C5H14N2O2S. The van der Waals surface area contributed by atoms with Crippen molar-refractivity contribution in [1.82, 2.24) is 9.44 Å². The smallest absolute Gasteiger partial charge is 0.205 e. The van der Waals surface area contributed by atoms with E-state index in [9.17, 15) is 8.42 Å². The molecular weight excluding hydrogens is 152 g/mol. The summed E-state index contributed by atoms with van der Waals surface area (Å²) in [4.78, 5) is 0. The van der Waals surface area contributed by atoms with Crippen molar-refractivity contribution in [3.63, 3.8) is 0 Å². The second kappa shape index (κ2) is 4.65. The van der Waals surface area contributed by atoms with Crippen molar-refractivity contribution in [2.24, 2.45) is 0 Å². The van der Waals surface area contributed by atoms with E-state index in [1.807, 2.05) is 6.92 Å². The molecule has 0 saturated heterocycles. The summed E-state index contributed by atoms with van der Waals surface area (Å²) < 4.78 is 25.8. The van der Waals surface area contributed by atoms with Crippen LogP contribution in [-0.4, -0.2) is 22.0 Å². The number of nitrogens with one attached hydrogen (secondary N) is 2. The maximum Gasteiger partial charge on any atom is 0.276 e. The van der Waals surface area contributed by atoms with Gasteiger partial charge in [0.2, 0.25) is 0 Å². The highest BCUT2D eigenvalue weighted by Crippen LogP contribution is 1.83. The maximum absolute atomic E-state index is 10.7. The molecule has 0 aliphatic rings. The Morgan fingerprint density at radius 3 is 2.40 bits per heavy atom. The maximum atomic E-state index is 10.7. The molecule has 0 radical (unpaired) electrons. The fraction of sp³-hybridized carbons (Fsp3) is 1.00. The van der Waals surface area contributed by atoms with Gasteiger partial charge in [0.05, 0.1) is 0 Å². The fourth-order valence-electron chi connectivity index (χ4n) is 0.455. The van der Waals surface area contributed by atoms with Crippen molar-refractivity contribution >= 4 is 10.2 Å². The van der Waals surface area contributed by atoms with Crippen molar-refractivity contribution in [1.29, 1.82) is 0 Å². The van der Waals surface area contributed by atoms with E-state index in [1.165, 1.54) is 7.05 Å². The van der Waals surface area contributed by atoms with Crippen LogP contribution in [0.5, 0.6) is 0 Å². The average molecular weight is 166 g/mol. The molecule has 0 rings (SSSR count). The molecule has 0 aliphatic carbocycles. The summed E-state index contributed by atoms with van der Waals surface area (Å²) in [5.74, 6) is 0. The minimum absolute atomic E-state index is 0.514. The van der Waals surface area contributed by atoms with Gasteiger partial charge in [0.1, 0.15) is 0 Å². The molecule has 10 heavy (non-hydrogen) atoms. The lowest BCUT2D eigenvalue weighted by Crippen LogP contribution is -2.34. The van der Waals surface area contributed by atoms with Crippen LogP contribution in [0.2, 0.25) is 0 Å². The van der Waals surface area contributed by atoms with Gasteiger partial charge in [-0.05, 0) is 6.42 Å². The lowest BCUT2D eigenvalue weighted by Gasteiger charge is -2.02. The number of hydrogen-bond acceptors (Lipinski definition) is 2. The second-order valence-corrected chi connectivity index (χ2v) is 3.66. The molecule has 2 N–H and O–H groups in total. The molecule has 5 heteroatoms. The molecule has 0 aromatic rings. The Kier molecular flexibility index (Phi) is 4.59. The zero-order valence-electron chi connectivity index (χ0n) is 6.35. The van der Waals surface area contributed by atoms with Gasteiger partial charge in [-0.1, -0.05) is 13.3 Å². The fourth-order valence-corrected chi connectivity index (χ4v) is 1.01. The molecule has 0 aliphatic heterocycles. The lowest BCUT2D eigenvalue weighted by atomic mass is 10.3. The van der Waals surface area contributed by atoms with Crippen LogP contribution in [0.1, 0.15) is 19.8 Å². The molecule has 0 saturated carbocycles. The summed E-state index contributed by atoms with van der Waals surface area (Å²) in [6, 6.07) is 0. The Morgan fingerprint density at radius 2 is 2.00 bits per heavy atom. The Balaban J connectivity index is 3.49. The van der Waals surface area contributed by atoms with Crippen LogP contribution in [-0.2, 0) is 10.2 Å². The average Bonchev–Trinajstić information content (AvgIpc) is 1.89. The van der Waals surface area contributed by atoms with Crippen molar-refractivity contribution in [3.05, 3.63) is 0 Å². The Hall–Kier alpha value is -0.130. The third-order valence-electron chi connectivity index (χ3n) is 1.09. The topological polar surface area (TPSA) is 58.2 Å². The molecule has 0 aromatic heterocycles. The third-order valence-corrected chi connectivity index (χ3v) is 2.21. The van der Waals surface area contributed by atoms with Crippen LogP contribution in [0.3, 0.4) is 0 Å². The largest absolute Gasteiger partial charge is 0.276 e. The minimum atomic E-state index is -3.19. The van der Waals surface area contributed by atoms with Gasteiger partial charge in [-0.25, -0.2) is 9.44 Å². The van der Waals surface area contributed by atoms with E-state index in [0.717, 1.165) is 12.8 Å². The molecule has 0 heterocycles. The number of unbranched alkanes of at least 4 members (excludes halogenated alkanes) is 1. The van der Waals surface area contributed by atoms with Crippen LogP contribution >= 0.6 is 0 Å². The standard InChI is InChI=1S/C5H14N2O2S/c1-3-4-5-7-10(8,9)6-2/h6-7H,3-5H2,1-2H3. The normalized spacial score (nSPS) is 11.8. The van der Waals surface area contributed by atoms with Crippen LogP contribution in [0.25, 0.3) is 0 Å². The summed E-state index contributed by atoms with van der Waals surface area (Å²) in [5.41, 5.74) is 0. The Bertz CT molecular complexity index is 164. The SMILES string of the molecule is CCCCNS(=O)(=O)NC. The molecule has 62 valence electrons. The van der Waals surface area contributed by atoms with Gasteiger partial charge < -0.3 is 0 Å². The predicted molar refractivity (Wildman–Crippen MR) is 40.9 cm³/mol. The van der Waals surface area contributed by atoms with Crippen LogP contribution in [0.4, 0.5) is 0 Å². The van der Waals surface area contributed by atoms with E-state index in [2.05, 4.69) is 9.44 Å². The first-order valence-corrected chi connectivity index (χ1v) is 4.79. The quantitative estimate of drug-likeness (QED) is 0.558. The first-order valence-electron chi connectivity index (χ1n) is 3.30. The van der Waals surface area contributed by atoms with Gasteiger partial charge >= 0.3 is 0 Å². The van der Waals surface area contributed by atoms with Gasteiger partial charge in [-0.15, -0.1) is 0 Å². The summed E-state index contributed by atoms with van der Waals surface area (Å²) >= 11 is 0. The van der Waals surface area contributed by atoms with E-state index in [0.29, 0.717) is 6.54 Å². The monoisotopic (exact) mass is 166 g/mol. The Labute approximate surface area is 62.2 Å². The van der Waals surface area contributed by atoms with E-state index >= 15 is 0 Å². The molecule has 0 bridgehead atoms. The highest BCUT2D eigenvalue weighted by molar-refractivity contribution is 7.87. The summed E-state index contributed by atoms with van der Waals surface area (Å²) in [7, 11) is -1.81. The van der Waals surface area contributed by atoms with Crippen LogP contribution in [0, 0.1) is 0 Å². The predicted octanol–water partition coefficient (Wildman–Crippen LogP) is -0.160. The van der Waals surface area contributed by atoms with Gasteiger partial charge in [0.15, 0.2) is 0 Å². The number of hydrogen-bond donors (Lipinski definition) is 2. The summed E-state index contributed by atoms with van der Waals surface area (Å²) in [6.45, 7) is 2.52. The highest BCUT2D eigenvalue weighted by Gasteiger charge is 2.01. The van der Waals surface area contributed by atoms with Crippen molar-refractivity contribution in [3.8, 4) is 0 Å². The van der Waals surface area contributed by atoms with E-state index in [-0.39, 0.29) is 0 Å². The first-order chi connectivity index (χ1) is 4.62. The van der Waals surface area contributed by atoms with E-state index in [1.54, 1.807) is 0 Å². The second-order valence-electron chi connectivity index (χ2n) is 1.96. The minimum Gasteiger partial charge on any atom is -0.205 e. The van der Waals surface area contributed by atoms with Crippen LogP contribution < -0.4 is 9.44 Å². The van der Waals surface area contributed by atoms with E-state index in [4.69, 9.17) is 0 Å². The van der Waals surface area contributed by atoms with Crippen molar-refractivity contribution < 1.29 is 8.42 Å². The highest BCUT2D eigenvalue weighted by atomic mass is 32.2. The third kappa shape index (κ3) is 4.72.